The number of unbranched alkanes of at least 4 members (excludes halogenated alkanes) is 2. The quantitative estimate of drug-likeness (QED) is 0.430. The SMILES string of the molecule is O=C(OCCCCCC(Cl)(Cl)Cl)c1ccccc1. The minimum atomic E-state index is -1.18. The molecule has 0 atom stereocenters. The van der Waals surface area contributed by atoms with Crippen LogP contribution in [-0.4, -0.2) is 16.4 Å². The zero-order chi connectivity index (χ0) is 13.4. The molecule has 0 unspecified atom stereocenters. The maximum Gasteiger partial charge on any atom is 0.338 e. The van der Waals surface area contributed by atoms with Crippen LogP contribution in [0, 0.1) is 0 Å². The molecule has 0 spiro atoms. The Morgan fingerprint density at radius 1 is 1.06 bits per heavy atom. The molecule has 1 aromatic rings. The Hall–Kier alpha value is -0.440. The number of carbonyl (C=O) groups excluding carboxylic acids is 1. The molecule has 1 aromatic carbocycles. The molecule has 100 valence electrons. The maximum atomic E-state index is 11.6. The van der Waals surface area contributed by atoms with Gasteiger partial charge in [0.1, 0.15) is 0 Å². The Kier molecular flexibility index (Phi) is 6.83. The third-order valence-electron chi connectivity index (χ3n) is 2.35. The zero-order valence-corrected chi connectivity index (χ0v) is 12.1. The molecule has 0 aromatic heterocycles. The van der Waals surface area contributed by atoms with Gasteiger partial charge in [-0.1, -0.05) is 53.0 Å². The lowest BCUT2D eigenvalue weighted by atomic mass is 10.2. The van der Waals surface area contributed by atoms with Gasteiger partial charge in [-0.3, -0.25) is 0 Å². The predicted molar refractivity (Wildman–Crippen MR) is 75.5 cm³/mol. The van der Waals surface area contributed by atoms with Crippen molar-refractivity contribution in [1.82, 2.24) is 0 Å². The number of halogens is 3. The Balaban J connectivity index is 2.10. The van der Waals surface area contributed by atoms with Crippen molar-refractivity contribution >= 4 is 40.8 Å². The van der Waals surface area contributed by atoms with Crippen LogP contribution in [0.25, 0.3) is 0 Å². The van der Waals surface area contributed by atoms with Crippen molar-refractivity contribution in [3.63, 3.8) is 0 Å². The minimum absolute atomic E-state index is 0.294. The van der Waals surface area contributed by atoms with E-state index in [9.17, 15) is 4.79 Å². The van der Waals surface area contributed by atoms with E-state index in [1.54, 1.807) is 24.3 Å². The number of hydrogen-bond donors (Lipinski definition) is 0. The van der Waals surface area contributed by atoms with Crippen LogP contribution in [0.2, 0.25) is 0 Å². The molecule has 0 amide bonds. The van der Waals surface area contributed by atoms with Crippen molar-refractivity contribution in [2.24, 2.45) is 0 Å². The summed E-state index contributed by atoms with van der Waals surface area (Å²) in [7, 11) is 0. The molecule has 18 heavy (non-hydrogen) atoms. The van der Waals surface area contributed by atoms with E-state index < -0.39 is 3.79 Å². The summed E-state index contributed by atoms with van der Waals surface area (Å²) in [6.45, 7) is 0.396. The average Bonchev–Trinajstić information content (AvgIpc) is 2.33. The number of carbonyl (C=O) groups is 1. The first kappa shape index (κ1) is 15.6. The monoisotopic (exact) mass is 308 g/mol. The minimum Gasteiger partial charge on any atom is -0.462 e. The van der Waals surface area contributed by atoms with E-state index in [1.807, 2.05) is 6.07 Å². The van der Waals surface area contributed by atoms with Crippen LogP contribution in [0.15, 0.2) is 30.3 Å². The standard InChI is InChI=1S/C13H15Cl3O2/c14-13(15,16)9-5-2-6-10-18-12(17)11-7-3-1-4-8-11/h1,3-4,7-8H,2,5-6,9-10H2. The van der Waals surface area contributed by atoms with Gasteiger partial charge in [0.25, 0.3) is 0 Å². The predicted octanol–water partition coefficient (Wildman–Crippen LogP) is 4.77. The third kappa shape index (κ3) is 7.10. The second-order valence-corrected chi connectivity index (χ2v) is 6.44. The Labute approximate surface area is 122 Å². The molecule has 0 aliphatic carbocycles. The summed E-state index contributed by atoms with van der Waals surface area (Å²) in [5.41, 5.74) is 0.568. The van der Waals surface area contributed by atoms with Crippen LogP contribution in [0.3, 0.4) is 0 Å². The Bertz CT molecular complexity index is 360. The van der Waals surface area contributed by atoms with Crippen LogP contribution in [0.4, 0.5) is 0 Å². The topological polar surface area (TPSA) is 26.3 Å². The first-order chi connectivity index (χ1) is 8.49. The molecule has 1 rings (SSSR count). The van der Waals surface area contributed by atoms with Gasteiger partial charge in [0.05, 0.1) is 12.2 Å². The fourth-order valence-electron chi connectivity index (χ4n) is 1.43. The summed E-state index contributed by atoms with van der Waals surface area (Å²) in [5, 5.41) is 0. The Morgan fingerprint density at radius 2 is 1.72 bits per heavy atom. The highest BCUT2D eigenvalue weighted by Crippen LogP contribution is 2.31. The number of hydrogen-bond acceptors (Lipinski definition) is 2. The van der Waals surface area contributed by atoms with Gasteiger partial charge in [0, 0.05) is 0 Å². The summed E-state index contributed by atoms with van der Waals surface area (Å²) in [6, 6.07) is 8.92. The third-order valence-corrected chi connectivity index (χ3v) is 2.91. The fourth-order valence-corrected chi connectivity index (χ4v) is 1.83. The van der Waals surface area contributed by atoms with Crippen molar-refractivity contribution in [2.75, 3.05) is 6.61 Å². The molecule has 0 radical (unpaired) electrons. The highest BCUT2D eigenvalue weighted by atomic mass is 35.6. The molecule has 5 heteroatoms. The lowest BCUT2D eigenvalue weighted by Gasteiger charge is -2.09. The molecule has 0 fully saturated rings. The van der Waals surface area contributed by atoms with Gasteiger partial charge in [-0.15, -0.1) is 0 Å². The summed E-state index contributed by atoms with van der Waals surface area (Å²) in [5.74, 6) is -0.294. The molecule has 0 aliphatic heterocycles. The zero-order valence-electron chi connectivity index (χ0n) is 9.87. The lowest BCUT2D eigenvalue weighted by Crippen LogP contribution is -2.06. The van der Waals surface area contributed by atoms with E-state index in [2.05, 4.69) is 0 Å². The smallest absolute Gasteiger partial charge is 0.338 e. The average molecular weight is 310 g/mol. The van der Waals surface area contributed by atoms with Crippen molar-refractivity contribution in [3.05, 3.63) is 35.9 Å². The van der Waals surface area contributed by atoms with Gasteiger partial charge in [-0.05, 0) is 37.8 Å². The van der Waals surface area contributed by atoms with Gasteiger partial charge >= 0.3 is 5.97 Å². The van der Waals surface area contributed by atoms with Crippen LogP contribution in [0.5, 0.6) is 0 Å². The largest absolute Gasteiger partial charge is 0.462 e. The summed E-state index contributed by atoms with van der Waals surface area (Å²) < 4.78 is 3.94. The van der Waals surface area contributed by atoms with Gasteiger partial charge in [0.15, 0.2) is 3.79 Å². The van der Waals surface area contributed by atoms with Crippen molar-refractivity contribution in [3.8, 4) is 0 Å². The molecule has 0 saturated heterocycles. The van der Waals surface area contributed by atoms with Crippen molar-refractivity contribution in [1.29, 1.82) is 0 Å². The molecule has 0 aliphatic rings. The highest BCUT2D eigenvalue weighted by Gasteiger charge is 2.18. The second-order valence-electron chi connectivity index (χ2n) is 3.93. The number of benzene rings is 1. The van der Waals surface area contributed by atoms with Crippen molar-refractivity contribution < 1.29 is 9.53 Å². The molecule has 0 saturated carbocycles. The second kappa shape index (κ2) is 7.88. The molecule has 0 heterocycles. The number of ether oxygens (including phenoxy) is 1. The maximum absolute atomic E-state index is 11.6. The van der Waals surface area contributed by atoms with Gasteiger partial charge < -0.3 is 4.74 Å². The van der Waals surface area contributed by atoms with E-state index >= 15 is 0 Å². The van der Waals surface area contributed by atoms with Crippen LogP contribution in [0.1, 0.15) is 36.0 Å². The highest BCUT2D eigenvalue weighted by molar-refractivity contribution is 6.67. The van der Waals surface area contributed by atoms with Crippen LogP contribution < -0.4 is 0 Å². The fraction of sp³-hybridized carbons (Fsp3) is 0.462. The lowest BCUT2D eigenvalue weighted by molar-refractivity contribution is 0.0497. The molecule has 2 nitrogen and oxygen atoms in total. The van der Waals surface area contributed by atoms with Crippen molar-refractivity contribution in [2.45, 2.75) is 29.5 Å². The molecular weight excluding hydrogens is 295 g/mol. The van der Waals surface area contributed by atoms with Gasteiger partial charge in [-0.25, -0.2) is 4.79 Å². The van der Waals surface area contributed by atoms with Gasteiger partial charge in [-0.2, -0.15) is 0 Å². The molecular formula is C13H15Cl3O2. The first-order valence-electron chi connectivity index (χ1n) is 5.78. The van der Waals surface area contributed by atoms with E-state index in [0.717, 1.165) is 19.3 Å². The van der Waals surface area contributed by atoms with Crippen LogP contribution in [-0.2, 0) is 4.74 Å². The molecule has 0 bridgehead atoms. The Morgan fingerprint density at radius 3 is 2.33 bits per heavy atom. The van der Waals surface area contributed by atoms with Crippen LogP contribution >= 0.6 is 34.8 Å². The van der Waals surface area contributed by atoms with E-state index in [-0.39, 0.29) is 5.97 Å². The number of rotatable bonds is 6. The van der Waals surface area contributed by atoms with Gasteiger partial charge in [0.2, 0.25) is 0 Å². The first-order valence-corrected chi connectivity index (χ1v) is 6.91. The number of esters is 1. The molecule has 0 N–H and O–H groups in total. The van der Waals surface area contributed by atoms with E-state index in [1.165, 1.54) is 0 Å². The number of alkyl halides is 3. The summed E-state index contributed by atoms with van der Waals surface area (Å²) in [6.07, 6.45) is 2.97. The van der Waals surface area contributed by atoms with E-state index in [0.29, 0.717) is 18.6 Å². The summed E-state index contributed by atoms with van der Waals surface area (Å²) in [4.78, 5) is 11.6. The normalized spacial score (nSPS) is 11.3. The summed E-state index contributed by atoms with van der Waals surface area (Å²) >= 11 is 16.9. The van der Waals surface area contributed by atoms with E-state index in [4.69, 9.17) is 39.5 Å².